The lowest BCUT2D eigenvalue weighted by Gasteiger charge is -2.31. The van der Waals surface area contributed by atoms with Crippen LogP contribution in [-0.2, 0) is 17.7 Å². The predicted molar refractivity (Wildman–Crippen MR) is 65.6 cm³/mol. The summed E-state index contributed by atoms with van der Waals surface area (Å²) in [4.78, 5) is 13.7. The summed E-state index contributed by atoms with van der Waals surface area (Å²) in [5, 5.41) is 0. The van der Waals surface area contributed by atoms with E-state index in [0.717, 1.165) is 18.5 Å². The van der Waals surface area contributed by atoms with Crippen molar-refractivity contribution in [3.8, 4) is 0 Å². The monoisotopic (exact) mass is 232 g/mol. The van der Waals surface area contributed by atoms with E-state index in [0.29, 0.717) is 6.54 Å². The van der Waals surface area contributed by atoms with Crippen molar-refractivity contribution in [2.45, 2.75) is 39.3 Å². The van der Waals surface area contributed by atoms with Gasteiger partial charge in [-0.1, -0.05) is 18.2 Å². The molecule has 2 rings (SSSR count). The molecule has 0 bridgehead atoms. The van der Waals surface area contributed by atoms with Crippen LogP contribution in [0.15, 0.2) is 18.2 Å². The van der Waals surface area contributed by atoms with E-state index in [2.05, 4.69) is 12.1 Å². The molecule has 1 aliphatic heterocycles. The molecule has 0 aliphatic carbocycles. The molecule has 0 aromatic heterocycles. The zero-order valence-electron chi connectivity index (χ0n) is 10.6. The molecule has 0 spiro atoms. The van der Waals surface area contributed by atoms with Crippen LogP contribution in [0, 0.1) is 6.07 Å². The van der Waals surface area contributed by atoms with E-state index in [4.69, 9.17) is 4.74 Å². The molecule has 0 saturated heterocycles. The Hall–Kier alpha value is -1.51. The van der Waals surface area contributed by atoms with E-state index in [9.17, 15) is 4.79 Å². The lowest BCUT2D eigenvalue weighted by Crippen LogP contribution is -2.39. The second-order valence-corrected chi connectivity index (χ2v) is 5.33. The minimum atomic E-state index is -0.433. The van der Waals surface area contributed by atoms with Crippen molar-refractivity contribution in [2.24, 2.45) is 0 Å². The molecule has 1 aromatic rings. The lowest BCUT2D eigenvalue weighted by molar-refractivity contribution is 0.0224. The molecule has 0 N–H and O–H groups in total. The number of nitrogens with zero attached hydrogens (tertiary/aromatic N) is 1. The minimum absolute atomic E-state index is 0.236. The molecule has 1 amide bonds. The fourth-order valence-electron chi connectivity index (χ4n) is 1.90. The Morgan fingerprint density at radius 2 is 2.24 bits per heavy atom. The first kappa shape index (κ1) is 12.0. The summed E-state index contributed by atoms with van der Waals surface area (Å²) in [7, 11) is 0. The third kappa shape index (κ3) is 2.99. The number of amides is 1. The molecule has 1 heterocycles. The van der Waals surface area contributed by atoms with Crippen molar-refractivity contribution in [3.63, 3.8) is 0 Å². The van der Waals surface area contributed by atoms with Gasteiger partial charge >= 0.3 is 6.09 Å². The van der Waals surface area contributed by atoms with Gasteiger partial charge in [0, 0.05) is 13.1 Å². The zero-order valence-corrected chi connectivity index (χ0v) is 10.6. The van der Waals surface area contributed by atoms with Crippen LogP contribution in [0.3, 0.4) is 0 Å². The summed E-state index contributed by atoms with van der Waals surface area (Å²) in [5.74, 6) is 0. The molecule has 17 heavy (non-hydrogen) atoms. The van der Waals surface area contributed by atoms with Gasteiger partial charge in [0.1, 0.15) is 5.60 Å². The summed E-state index contributed by atoms with van der Waals surface area (Å²) in [6.07, 6.45) is 0.645. The highest BCUT2D eigenvalue weighted by Crippen LogP contribution is 2.20. The highest BCUT2D eigenvalue weighted by molar-refractivity contribution is 5.68. The lowest BCUT2D eigenvalue weighted by atomic mass is 10.0. The highest BCUT2D eigenvalue weighted by Gasteiger charge is 2.25. The molecule has 91 valence electrons. The average Bonchev–Trinajstić information content (AvgIpc) is 2.26. The predicted octanol–water partition coefficient (Wildman–Crippen LogP) is 2.78. The van der Waals surface area contributed by atoms with Crippen LogP contribution in [0.5, 0.6) is 0 Å². The molecule has 0 saturated carbocycles. The largest absolute Gasteiger partial charge is 0.444 e. The quantitative estimate of drug-likeness (QED) is 0.688. The van der Waals surface area contributed by atoms with E-state index in [1.54, 1.807) is 4.90 Å². The van der Waals surface area contributed by atoms with Crippen LogP contribution in [-0.4, -0.2) is 23.1 Å². The Morgan fingerprint density at radius 1 is 1.47 bits per heavy atom. The van der Waals surface area contributed by atoms with Crippen LogP contribution in [0.25, 0.3) is 0 Å². The van der Waals surface area contributed by atoms with Gasteiger partial charge in [-0.05, 0) is 44.4 Å². The summed E-state index contributed by atoms with van der Waals surface area (Å²) in [5.41, 5.74) is 1.95. The van der Waals surface area contributed by atoms with Crippen molar-refractivity contribution in [1.82, 2.24) is 4.90 Å². The summed E-state index contributed by atoms with van der Waals surface area (Å²) >= 11 is 0. The van der Waals surface area contributed by atoms with Crippen LogP contribution in [0.4, 0.5) is 4.79 Å². The van der Waals surface area contributed by atoms with Gasteiger partial charge in [-0.15, -0.1) is 0 Å². The second-order valence-electron chi connectivity index (χ2n) is 5.33. The first-order chi connectivity index (χ1) is 7.96. The maximum atomic E-state index is 11.9. The standard InChI is InChI=1S/C14H18NO2/c1-14(2,3)17-13(16)15-9-8-11-6-4-5-7-12(11)10-15/h4-6H,8-10H2,1-3H3. The molecule has 3 heteroatoms. The topological polar surface area (TPSA) is 29.5 Å². The zero-order chi connectivity index (χ0) is 12.5. The third-order valence-corrected chi connectivity index (χ3v) is 2.69. The fraction of sp³-hybridized carbons (Fsp3) is 0.500. The first-order valence-electron chi connectivity index (χ1n) is 5.92. The van der Waals surface area contributed by atoms with E-state index in [1.165, 1.54) is 5.56 Å². The van der Waals surface area contributed by atoms with Crippen molar-refractivity contribution < 1.29 is 9.53 Å². The summed E-state index contributed by atoms with van der Waals surface area (Å²) in [6, 6.07) is 9.16. The minimum Gasteiger partial charge on any atom is -0.444 e. The number of fused-ring (bicyclic) bond motifs is 1. The molecule has 1 radical (unpaired) electrons. The van der Waals surface area contributed by atoms with Gasteiger partial charge in [0.2, 0.25) is 0 Å². The number of carbonyl (C=O) groups excluding carboxylic acids is 1. The van der Waals surface area contributed by atoms with Crippen LogP contribution >= 0.6 is 0 Å². The smallest absolute Gasteiger partial charge is 0.410 e. The van der Waals surface area contributed by atoms with Gasteiger partial charge in [-0.2, -0.15) is 0 Å². The molecule has 1 aliphatic rings. The normalized spacial score (nSPS) is 15.4. The Labute approximate surface area is 102 Å². The second kappa shape index (κ2) is 4.40. The van der Waals surface area contributed by atoms with Gasteiger partial charge in [0.05, 0.1) is 0 Å². The van der Waals surface area contributed by atoms with Gasteiger partial charge in [0.15, 0.2) is 0 Å². The number of carbonyl (C=O) groups is 1. The number of hydrogen-bond acceptors (Lipinski definition) is 2. The summed E-state index contributed by atoms with van der Waals surface area (Å²) < 4.78 is 5.37. The van der Waals surface area contributed by atoms with Gasteiger partial charge < -0.3 is 9.64 Å². The number of rotatable bonds is 0. The highest BCUT2D eigenvalue weighted by atomic mass is 16.6. The summed E-state index contributed by atoms with van der Waals surface area (Å²) in [6.45, 7) is 6.98. The Kier molecular flexibility index (Phi) is 3.09. The molecule has 3 nitrogen and oxygen atoms in total. The van der Waals surface area contributed by atoms with E-state index >= 15 is 0 Å². The van der Waals surface area contributed by atoms with E-state index in [1.807, 2.05) is 32.9 Å². The Bertz CT molecular complexity index is 420. The van der Waals surface area contributed by atoms with Crippen LogP contribution in [0.1, 0.15) is 31.9 Å². The SMILES string of the molecule is CC(C)(C)OC(=O)N1CCc2ccc[c]c2C1. The maximum Gasteiger partial charge on any atom is 0.410 e. The van der Waals surface area contributed by atoms with Gasteiger partial charge in [-0.3, -0.25) is 0 Å². The van der Waals surface area contributed by atoms with Crippen molar-refractivity contribution in [3.05, 3.63) is 35.4 Å². The van der Waals surface area contributed by atoms with E-state index < -0.39 is 5.60 Å². The number of ether oxygens (including phenoxy) is 1. The van der Waals surface area contributed by atoms with Crippen molar-refractivity contribution >= 4 is 6.09 Å². The van der Waals surface area contributed by atoms with Crippen LogP contribution < -0.4 is 0 Å². The average molecular weight is 232 g/mol. The fourth-order valence-corrected chi connectivity index (χ4v) is 1.90. The number of benzene rings is 1. The maximum absolute atomic E-state index is 11.9. The Morgan fingerprint density at radius 3 is 2.94 bits per heavy atom. The van der Waals surface area contributed by atoms with Crippen LogP contribution in [0.2, 0.25) is 0 Å². The van der Waals surface area contributed by atoms with Gasteiger partial charge in [-0.25, -0.2) is 4.79 Å². The van der Waals surface area contributed by atoms with E-state index in [-0.39, 0.29) is 6.09 Å². The van der Waals surface area contributed by atoms with Gasteiger partial charge in [0.25, 0.3) is 0 Å². The molecular formula is C14H18NO2. The third-order valence-electron chi connectivity index (χ3n) is 2.69. The molecule has 1 aromatic carbocycles. The Balaban J connectivity index is 2.05. The van der Waals surface area contributed by atoms with Crippen molar-refractivity contribution in [2.75, 3.05) is 6.54 Å². The molecule has 0 atom stereocenters. The molecular weight excluding hydrogens is 214 g/mol. The first-order valence-corrected chi connectivity index (χ1v) is 5.92. The van der Waals surface area contributed by atoms with Crippen molar-refractivity contribution in [1.29, 1.82) is 0 Å². The number of hydrogen-bond donors (Lipinski definition) is 0. The molecule has 0 unspecified atom stereocenters. The molecule has 0 fully saturated rings.